The fourth-order valence-corrected chi connectivity index (χ4v) is 2.25. The number of hydrogen-bond donors (Lipinski definition) is 2. The van der Waals surface area contributed by atoms with Crippen molar-refractivity contribution in [2.75, 3.05) is 5.32 Å². The van der Waals surface area contributed by atoms with Crippen LogP contribution in [0.3, 0.4) is 0 Å². The van der Waals surface area contributed by atoms with E-state index in [1.54, 1.807) is 36.8 Å². The standard InChI is InChI=1S/C18H15FN4O/c19-15-7-1-2-8-16(15)23-18(24)22-12-14-6-4-10-21-17(14)13-5-3-9-20-11-13/h1-11H,12H2,(H2,22,23,24). The highest BCUT2D eigenvalue weighted by Crippen LogP contribution is 2.19. The van der Waals surface area contributed by atoms with E-state index in [4.69, 9.17) is 0 Å². The van der Waals surface area contributed by atoms with Gasteiger partial charge in [-0.25, -0.2) is 9.18 Å². The summed E-state index contributed by atoms with van der Waals surface area (Å²) in [5.41, 5.74) is 2.59. The third kappa shape index (κ3) is 3.73. The minimum Gasteiger partial charge on any atom is -0.334 e. The number of aromatic nitrogens is 2. The van der Waals surface area contributed by atoms with Crippen LogP contribution in [0.1, 0.15) is 5.56 Å². The SMILES string of the molecule is O=C(NCc1cccnc1-c1cccnc1)Nc1ccccc1F. The monoisotopic (exact) mass is 322 g/mol. The highest BCUT2D eigenvalue weighted by Gasteiger charge is 2.09. The Bertz CT molecular complexity index is 839. The molecule has 24 heavy (non-hydrogen) atoms. The molecule has 3 rings (SSSR count). The van der Waals surface area contributed by atoms with Crippen LogP contribution in [-0.2, 0) is 6.54 Å². The molecule has 0 aliphatic heterocycles. The van der Waals surface area contributed by atoms with Crippen molar-refractivity contribution < 1.29 is 9.18 Å². The van der Waals surface area contributed by atoms with Gasteiger partial charge >= 0.3 is 6.03 Å². The molecule has 0 spiro atoms. The van der Waals surface area contributed by atoms with Gasteiger partial charge in [0, 0.05) is 30.7 Å². The number of nitrogens with one attached hydrogen (secondary N) is 2. The zero-order valence-electron chi connectivity index (χ0n) is 12.7. The second-order valence-electron chi connectivity index (χ2n) is 5.04. The molecule has 0 radical (unpaired) electrons. The van der Waals surface area contributed by atoms with Crippen LogP contribution in [0, 0.1) is 5.82 Å². The van der Waals surface area contributed by atoms with Gasteiger partial charge in [-0.3, -0.25) is 9.97 Å². The summed E-state index contributed by atoms with van der Waals surface area (Å²) in [6.45, 7) is 0.262. The molecule has 0 aliphatic carbocycles. The molecule has 2 heterocycles. The van der Waals surface area contributed by atoms with E-state index in [0.29, 0.717) is 0 Å². The fourth-order valence-electron chi connectivity index (χ4n) is 2.25. The predicted molar refractivity (Wildman–Crippen MR) is 89.7 cm³/mol. The van der Waals surface area contributed by atoms with Gasteiger partial charge in [-0.1, -0.05) is 18.2 Å². The summed E-state index contributed by atoms with van der Waals surface area (Å²) >= 11 is 0. The highest BCUT2D eigenvalue weighted by atomic mass is 19.1. The summed E-state index contributed by atoms with van der Waals surface area (Å²) < 4.78 is 13.5. The maximum Gasteiger partial charge on any atom is 0.319 e. The molecule has 0 saturated carbocycles. The Morgan fingerprint density at radius 1 is 1.04 bits per heavy atom. The number of hydrogen-bond acceptors (Lipinski definition) is 3. The maximum atomic E-state index is 13.5. The molecule has 5 nitrogen and oxygen atoms in total. The first-order valence-corrected chi connectivity index (χ1v) is 7.38. The molecule has 0 fully saturated rings. The zero-order chi connectivity index (χ0) is 16.8. The van der Waals surface area contributed by atoms with E-state index in [1.807, 2.05) is 18.2 Å². The second kappa shape index (κ2) is 7.32. The van der Waals surface area contributed by atoms with E-state index in [1.165, 1.54) is 12.1 Å². The molecule has 3 aromatic rings. The number of para-hydroxylation sites is 1. The summed E-state index contributed by atoms with van der Waals surface area (Å²) in [6.07, 6.45) is 5.09. The maximum absolute atomic E-state index is 13.5. The van der Waals surface area contributed by atoms with Crippen molar-refractivity contribution in [1.29, 1.82) is 0 Å². The van der Waals surface area contributed by atoms with Gasteiger partial charge in [-0.2, -0.15) is 0 Å². The lowest BCUT2D eigenvalue weighted by atomic mass is 10.1. The predicted octanol–water partition coefficient (Wildman–Crippen LogP) is 3.60. The largest absolute Gasteiger partial charge is 0.334 e. The first-order valence-electron chi connectivity index (χ1n) is 7.38. The van der Waals surface area contributed by atoms with Crippen LogP contribution in [0.5, 0.6) is 0 Å². The van der Waals surface area contributed by atoms with Gasteiger partial charge in [0.1, 0.15) is 5.82 Å². The molecule has 0 atom stereocenters. The summed E-state index contributed by atoms with van der Waals surface area (Å²) in [7, 11) is 0. The van der Waals surface area contributed by atoms with E-state index < -0.39 is 11.8 Å². The summed E-state index contributed by atoms with van der Waals surface area (Å²) in [4.78, 5) is 20.4. The quantitative estimate of drug-likeness (QED) is 0.771. The summed E-state index contributed by atoms with van der Waals surface area (Å²) in [5.74, 6) is -0.481. The number of urea groups is 1. The van der Waals surface area contributed by atoms with Crippen LogP contribution < -0.4 is 10.6 Å². The number of pyridine rings is 2. The Kier molecular flexibility index (Phi) is 4.76. The number of halogens is 1. The van der Waals surface area contributed by atoms with Crippen LogP contribution in [0.15, 0.2) is 67.1 Å². The minimum atomic E-state index is -0.485. The third-order valence-electron chi connectivity index (χ3n) is 3.39. The number of anilines is 1. The van der Waals surface area contributed by atoms with E-state index in [9.17, 15) is 9.18 Å². The van der Waals surface area contributed by atoms with Gasteiger partial charge in [0.2, 0.25) is 0 Å². The normalized spacial score (nSPS) is 10.2. The lowest BCUT2D eigenvalue weighted by Crippen LogP contribution is -2.28. The van der Waals surface area contributed by atoms with Crippen molar-refractivity contribution in [2.45, 2.75) is 6.54 Å². The van der Waals surface area contributed by atoms with Crippen molar-refractivity contribution in [3.05, 3.63) is 78.5 Å². The Hall–Kier alpha value is -3.28. The van der Waals surface area contributed by atoms with Crippen LogP contribution in [0.2, 0.25) is 0 Å². The molecule has 2 aromatic heterocycles. The van der Waals surface area contributed by atoms with Crippen LogP contribution >= 0.6 is 0 Å². The van der Waals surface area contributed by atoms with Crippen molar-refractivity contribution >= 4 is 11.7 Å². The Balaban J connectivity index is 1.69. The third-order valence-corrected chi connectivity index (χ3v) is 3.39. The Morgan fingerprint density at radius 2 is 1.88 bits per heavy atom. The summed E-state index contributed by atoms with van der Waals surface area (Å²) in [6, 6.07) is 12.9. The van der Waals surface area contributed by atoms with Crippen molar-refractivity contribution in [1.82, 2.24) is 15.3 Å². The number of nitrogens with zero attached hydrogens (tertiary/aromatic N) is 2. The molecule has 0 saturated heterocycles. The van der Waals surface area contributed by atoms with E-state index >= 15 is 0 Å². The molecule has 0 unspecified atom stereocenters. The smallest absolute Gasteiger partial charge is 0.319 e. The van der Waals surface area contributed by atoms with Gasteiger partial charge in [-0.15, -0.1) is 0 Å². The lowest BCUT2D eigenvalue weighted by Gasteiger charge is -2.11. The van der Waals surface area contributed by atoms with Gasteiger partial charge in [0.05, 0.1) is 11.4 Å². The van der Waals surface area contributed by atoms with Crippen LogP contribution in [0.25, 0.3) is 11.3 Å². The van der Waals surface area contributed by atoms with Gasteiger partial charge in [0.15, 0.2) is 0 Å². The Labute approximate surface area is 138 Å². The second-order valence-corrected chi connectivity index (χ2v) is 5.04. The highest BCUT2D eigenvalue weighted by molar-refractivity contribution is 5.89. The molecular weight excluding hydrogens is 307 g/mol. The minimum absolute atomic E-state index is 0.133. The van der Waals surface area contributed by atoms with E-state index in [2.05, 4.69) is 20.6 Å². The molecule has 0 bridgehead atoms. The van der Waals surface area contributed by atoms with Crippen LogP contribution in [0.4, 0.5) is 14.9 Å². The van der Waals surface area contributed by atoms with E-state index in [0.717, 1.165) is 16.8 Å². The summed E-state index contributed by atoms with van der Waals surface area (Å²) in [5, 5.41) is 5.19. The lowest BCUT2D eigenvalue weighted by molar-refractivity contribution is 0.251. The zero-order valence-corrected chi connectivity index (χ0v) is 12.7. The Morgan fingerprint density at radius 3 is 2.67 bits per heavy atom. The first kappa shape index (κ1) is 15.6. The van der Waals surface area contributed by atoms with Gasteiger partial charge < -0.3 is 10.6 Å². The van der Waals surface area contributed by atoms with Crippen LogP contribution in [-0.4, -0.2) is 16.0 Å². The number of carbonyl (C=O) groups is 1. The average molecular weight is 322 g/mol. The fraction of sp³-hybridized carbons (Fsp3) is 0.0556. The first-order chi connectivity index (χ1) is 11.7. The molecule has 6 heteroatoms. The molecule has 0 aliphatic rings. The molecule has 120 valence electrons. The van der Waals surface area contributed by atoms with Gasteiger partial charge in [0.25, 0.3) is 0 Å². The molecule has 2 amide bonds. The number of rotatable bonds is 4. The average Bonchev–Trinajstić information content (AvgIpc) is 2.63. The number of benzene rings is 1. The molecule has 1 aromatic carbocycles. The van der Waals surface area contributed by atoms with Crippen molar-refractivity contribution in [3.63, 3.8) is 0 Å². The van der Waals surface area contributed by atoms with Gasteiger partial charge in [-0.05, 0) is 35.9 Å². The van der Waals surface area contributed by atoms with Crippen molar-refractivity contribution in [3.8, 4) is 11.3 Å². The number of carbonyl (C=O) groups excluding carboxylic acids is 1. The number of amides is 2. The van der Waals surface area contributed by atoms with E-state index in [-0.39, 0.29) is 12.2 Å². The topological polar surface area (TPSA) is 66.9 Å². The van der Waals surface area contributed by atoms with Crippen molar-refractivity contribution in [2.24, 2.45) is 0 Å². The molecular formula is C18H15FN4O. The molecule has 2 N–H and O–H groups in total.